The highest BCUT2D eigenvalue weighted by molar-refractivity contribution is 5.77. The molecule has 0 spiro atoms. The van der Waals surface area contributed by atoms with E-state index in [9.17, 15) is 9.59 Å². The monoisotopic (exact) mass is 200 g/mol. The van der Waals surface area contributed by atoms with Gasteiger partial charge in [-0.1, -0.05) is 25.7 Å². The maximum absolute atomic E-state index is 10.8. The Morgan fingerprint density at radius 1 is 1.21 bits per heavy atom. The molecule has 1 aliphatic rings. The van der Waals surface area contributed by atoms with Crippen LogP contribution in [0.1, 0.15) is 38.5 Å². The topological polar surface area (TPSA) is 74.6 Å². The van der Waals surface area contributed by atoms with Crippen LogP contribution >= 0.6 is 0 Å². The van der Waals surface area contributed by atoms with E-state index in [2.05, 4.69) is 0 Å². The molecular weight excluding hydrogens is 184 g/mol. The van der Waals surface area contributed by atoms with E-state index in [1.54, 1.807) is 0 Å². The zero-order chi connectivity index (χ0) is 10.6. The molecular formula is C10H16O4. The number of hydrogen-bond donors (Lipinski definition) is 2. The van der Waals surface area contributed by atoms with Gasteiger partial charge in [0, 0.05) is 0 Å². The van der Waals surface area contributed by atoms with Gasteiger partial charge in [0.25, 0.3) is 0 Å². The van der Waals surface area contributed by atoms with E-state index in [0.717, 1.165) is 25.7 Å². The van der Waals surface area contributed by atoms with Crippen molar-refractivity contribution in [1.29, 1.82) is 0 Å². The van der Waals surface area contributed by atoms with Crippen LogP contribution in [0.5, 0.6) is 0 Å². The molecule has 14 heavy (non-hydrogen) atoms. The minimum absolute atomic E-state index is 0.244. The third-order valence-electron chi connectivity index (χ3n) is 2.86. The van der Waals surface area contributed by atoms with E-state index >= 15 is 0 Å². The van der Waals surface area contributed by atoms with Crippen LogP contribution in [0.3, 0.4) is 0 Å². The molecule has 0 amide bonds. The average Bonchev–Trinajstić information content (AvgIpc) is 2.54. The molecule has 1 atom stereocenters. The summed E-state index contributed by atoms with van der Waals surface area (Å²) in [4.78, 5) is 21.2. The lowest BCUT2D eigenvalue weighted by Crippen LogP contribution is -2.20. The molecule has 4 nitrogen and oxygen atoms in total. The highest BCUT2D eigenvalue weighted by Gasteiger charge is 2.26. The molecule has 0 aromatic carbocycles. The Hall–Kier alpha value is -1.06. The minimum atomic E-state index is -1.02. The first kappa shape index (κ1) is 11.0. The first-order valence-corrected chi connectivity index (χ1v) is 5.04. The molecule has 0 unspecified atom stereocenters. The van der Waals surface area contributed by atoms with E-state index in [0.29, 0.717) is 12.3 Å². The summed E-state index contributed by atoms with van der Waals surface area (Å²) in [6.07, 6.45) is 4.72. The van der Waals surface area contributed by atoms with Crippen molar-refractivity contribution in [2.75, 3.05) is 0 Å². The molecule has 1 saturated carbocycles. The van der Waals surface area contributed by atoms with Crippen LogP contribution in [-0.4, -0.2) is 22.2 Å². The quantitative estimate of drug-likeness (QED) is 0.708. The summed E-state index contributed by atoms with van der Waals surface area (Å²) in [7, 11) is 0. The smallest absolute Gasteiger partial charge is 0.307 e. The molecule has 0 heterocycles. The third-order valence-corrected chi connectivity index (χ3v) is 2.86. The number of hydrogen-bond acceptors (Lipinski definition) is 2. The second kappa shape index (κ2) is 4.98. The average molecular weight is 200 g/mol. The lowest BCUT2D eigenvalue weighted by atomic mass is 9.91. The van der Waals surface area contributed by atoms with E-state index in [1.165, 1.54) is 0 Å². The second-order valence-electron chi connectivity index (χ2n) is 4.02. The van der Waals surface area contributed by atoms with Crippen LogP contribution in [-0.2, 0) is 9.59 Å². The van der Waals surface area contributed by atoms with Crippen molar-refractivity contribution in [3.63, 3.8) is 0 Å². The summed E-state index contributed by atoms with van der Waals surface area (Å²) < 4.78 is 0. The predicted octanol–water partition coefficient (Wildman–Crippen LogP) is 1.74. The number of aliphatic carboxylic acids is 2. The zero-order valence-corrected chi connectivity index (χ0v) is 8.11. The zero-order valence-electron chi connectivity index (χ0n) is 8.11. The fraction of sp³-hybridized carbons (Fsp3) is 0.800. The van der Waals surface area contributed by atoms with Gasteiger partial charge in [-0.15, -0.1) is 0 Å². The molecule has 1 rings (SSSR count). The van der Waals surface area contributed by atoms with Gasteiger partial charge in [-0.25, -0.2) is 0 Å². The van der Waals surface area contributed by atoms with E-state index in [-0.39, 0.29) is 6.42 Å². The summed E-state index contributed by atoms with van der Waals surface area (Å²) in [6, 6.07) is 0. The van der Waals surface area contributed by atoms with Crippen molar-refractivity contribution in [2.24, 2.45) is 11.8 Å². The van der Waals surface area contributed by atoms with Gasteiger partial charge in [-0.3, -0.25) is 9.59 Å². The summed E-state index contributed by atoms with van der Waals surface area (Å²) in [6.45, 7) is 0. The number of carboxylic acid groups (broad SMARTS) is 2. The van der Waals surface area contributed by atoms with Gasteiger partial charge in [0.15, 0.2) is 0 Å². The van der Waals surface area contributed by atoms with Crippen molar-refractivity contribution in [3.8, 4) is 0 Å². The van der Waals surface area contributed by atoms with Crippen LogP contribution in [0.2, 0.25) is 0 Å². The van der Waals surface area contributed by atoms with Crippen molar-refractivity contribution >= 4 is 11.9 Å². The Morgan fingerprint density at radius 3 is 2.21 bits per heavy atom. The lowest BCUT2D eigenvalue weighted by Gasteiger charge is -2.14. The third kappa shape index (κ3) is 3.36. The van der Waals surface area contributed by atoms with Gasteiger partial charge < -0.3 is 10.2 Å². The van der Waals surface area contributed by atoms with Crippen LogP contribution in [0.25, 0.3) is 0 Å². The summed E-state index contributed by atoms with van der Waals surface area (Å²) in [5.74, 6) is -2.26. The molecule has 2 N–H and O–H groups in total. The molecule has 4 heteroatoms. The molecule has 1 aliphatic carbocycles. The van der Waals surface area contributed by atoms with Crippen molar-refractivity contribution < 1.29 is 19.8 Å². The molecule has 0 saturated heterocycles. The highest BCUT2D eigenvalue weighted by Crippen LogP contribution is 2.31. The second-order valence-corrected chi connectivity index (χ2v) is 4.02. The maximum atomic E-state index is 10.8. The molecule has 0 aliphatic heterocycles. The van der Waals surface area contributed by atoms with Gasteiger partial charge in [0.05, 0.1) is 12.3 Å². The standard InChI is InChI=1S/C10H16O4/c11-9(12)6-8(10(13)14)5-7-3-1-2-4-7/h7-8H,1-6H2,(H,11,12)(H,13,14)/t8-/m1/s1. The summed E-state index contributed by atoms with van der Waals surface area (Å²) in [5, 5.41) is 17.4. The lowest BCUT2D eigenvalue weighted by molar-refractivity contribution is -0.148. The number of carboxylic acids is 2. The molecule has 0 radical (unpaired) electrons. The largest absolute Gasteiger partial charge is 0.481 e. The normalized spacial score (nSPS) is 19.4. The van der Waals surface area contributed by atoms with E-state index in [4.69, 9.17) is 10.2 Å². The van der Waals surface area contributed by atoms with Gasteiger partial charge in [0.2, 0.25) is 0 Å². The molecule has 80 valence electrons. The Balaban J connectivity index is 2.41. The van der Waals surface area contributed by atoms with E-state index < -0.39 is 17.9 Å². The van der Waals surface area contributed by atoms with E-state index in [1.807, 2.05) is 0 Å². The maximum Gasteiger partial charge on any atom is 0.307 e. The minimum Gasteiger partial charge on any atom is -0.481 e. The molecule has 0 aromatic heterocycles. The van der Waals surface area contributed by atoms with Crippen molar-refractivity contribution in [1.82, 2.24) is 0 Å². The van der Waals surface area contributed by atoms with Gasteiger partial charge in [-0.2, -0.15) is 0 Å². The SMILES string of the molecule is O=C(O)C[C@@H](CC1CCCC1)C(=O)O. The molecule has 0 aromatic rings. The predicted molar refractivity (Wildman–Crippen MR) is 50.0 cm³/mol. The van der Waals surface area contributed by atoms with Crippen LogP contribution in [0.15, 0.2) is 0 Å². The summed E-state index contributed by atoms with van der Waals surface area (Å²) in [5.41, 5.74) is 0. The fourth-order valence-corrected chi connectivity index (χ4v) is 2.13. The van der Waals surface area contributed by atoms with Crippen molar-refractivity contribution in [3.05, 3.63) is 0 Å². The molecule has 0 bridgehead atoms. The van der Waals surface area contributed by atoms with Crippen molar-refractivity contribution in [2.45, 2.75) is 38.5 Å². The van der Waals surface area contributed by atoms with Gasteiger partial charge in [-0.05, 0) is 12.3 Å². The van der Waals surface area contributed by atoms with Crippen LogP contribution in [0, 0.1) is 11.8 Å². The number of carbonyl (C=O) groups is 2. The summed E-state index contributed by atoms with van der Waals surface area (Å²) >= 11 is 0. The molecule has 1 fully saturated rings. The Bertz CT molecular complexity index is 218. The Labute approximate surface area is 82.9 Å². The van der Waals surface area contributed by atoms with Crippen LogP contribution < -0.4 is 0 Å². The first-order chi connectivity index (χ1) is 6.59. The highest BCUT2D eigenvalue weighted by atomic mass is 16.4. The Kier molecular flexibility index (Phi) is 3.92. The van der Waals surface area contributed by atoms with Crippen LogP contribution in [0.4, 0.5) is 0 Å². The fourth-order valence-electron chi connectivity index (χ4n) is 2.13. The van der Waals surface area contributed by atoms with Gasteiger partial charge in [0.1, 0.15) is 0 Å². The van der Waals surface area contributed by atoms with Gasteiger partial charge >= 0.3 is 11.9 Å². The number of rotatable bonds is 5. The Morgan fingerprint density at radius 2 is 1.79 bits per heavy atom. The first-order valence-electron chi connectivity index (χ1n) is 5.04.